The predicted octanol–water partition coefficient (Wildman–Crippen LogP) is 1.76. The minimum absolute atomic E-state index is 0.648. The van der Waals surface area contributed by atoms with Crippen LogP contribution >= 0.6 is 0 Å². The molecule has 2 heterocycles. The molecule has 86 valence electrons. The Morgan fingerprint density at radius 1 is 1.38 bits per heavy atom. The van der Waals surface area contributed by atoms with Gasteiger partial charge < -0.3 is 10.2 Å². The smallest absolute Gasteiger partial charge is 0.0455 e. The van der Waals surface area contributed by atoms with Crippen LogP contribution in [0.2, 0.25) is 0 Å². The Morgan fingerprint density at radius 3 is 2.94 bits per heavy atom. The van der Waals surface area contributed by atoms with Crippen LogP contribution in [0.4, 0.5) is 5.69 Å². The number of rotatable bonds is 3. The zero-order valence-electron chi connectivity index (χ0n) is 9.82. The SMILES string of the molecule is CN(c1ccnc(C2CC2)c1)C1CCNC1. The van der Waals surface area contributed by atoms with Gasteiger partial charge in [0.2, 0.25) is 0 Å². The predicted molar refractivity (Wildman–Crippen MR) is 65.9 cm³/mol. The molecule has 1 saturated carbocycles. The normalized spacial score (nSPS) is 24.7. The van der Waals surface area contributed by atoms with Crippen molar-refractivity contribution in [3.05, 3.63) is 24.0 Å². The third kappa shape index (κ3) is 1.92. The topological polar surface area (TPSA) is 28.2 Å². The summed E-state index contributed by atoms with van der Waals surface area (Å²) in [5, 5.41) is 3.42. The van der Waals surface area contributed by atoms with E-state index in [0.29, 0.717) is 6.04 Å². The van der Waals surface area contributed by atoms with E-state index in [1.54, 1.807) is 0 Å². The Balaban J connectivity index is 1.78. The van der Waals surface area contributed by atoms with E-state index in [-0.39, 0.29) is 0 Å². The van der Waals surface area contributed by atoms with Crippen molar-refractivity contribution in [2.75, 3.05) is 25.0 Å². The summed E-state index contributed by atoms with van der Waals surface area (Å²) >= 11 is 0. The molecule has 1 aliphatic heterocycles. The summed E-state index contributed by atoms with van der Waals surface area (Å²) in [4.78, 5) is 6.86. The molecule has 1 unspecified atom stereocenters. The third-order valence-corrected chi connectivity index (χ3v) is 3.75. The van der Waals surface area contributed by atoms with E-state index in [9.17, 15) is 0 Å². The van der Waals surface area contributed by atoms with E-state index in [2.05, 4.69) is 34.4 Å². The van der Waals surface area contributed by atoms with Crippen LogP contribution < -0.4 is 10.2 Å². The summed E-state index contributed by atoms with van der Waals surface area (Å²) in [6.07, 6.45) is 5.86. The minimum Gasteiger partial charge on any atom is -0.370 e. The number of likely N-dealkylation sites (N-methyl/N-ethyl adjacent to an activating group) is 1. The van der Waals surface area contributed by atoms with Gasteiger partial charge in [-0.25, -0.2) is 0 Å². The standard InChI is InChI=1S/C13H19N3/c1-16(12-4-6-14-9-12)11-5-7-15-13(8-11)10-2-3-10/h5,7-8,10,12,14H,2-4,6,9H2,1H3. The molecule has 0 radical (unpaired) electrons. The zero-order valence-corrected chi connectivity index (χ0v) is 9.82. The van der Waals surface area contributed by atoms with Crippen molar-refractivity contribution in [3.63, 3.8) is 0 Å². The summed E-state index contributed by atoms with van der Waals surface area (Å²) in [5.74, 6) is 0.745. The molecule has 1 N–H and O–H groups in total. The first kappa shape index (κ1) is 10.1. The molecule has 1 saturated heterocycles. The van der Waals surface area contributed by atoms with E-state index in [1.807, 2.05) is 6.20 Å². The Kier molecular flexibility index (Phi) is 2.56. The van der Waals surface area contributed by atoms with Gasteiger partial charge in [0.15, 0.2) is 0 Å². The number of anilines is 1. The van der Waals surface area contributed by atoms with Gasteiger partial charge >= 0.3 is 0 Å². The molecule has 3 rings (SSSR count). The zero-order chi connectivity index (χ0) is 11.0. The maximum absolute atomic E-state index is 4.47. The molecule has 2 aliphatic rings. The highest BCUT2D eigenvalue weighted by molar-refractivity contribution is 5.48. The lowest BCUT2D eigenvalue weighted by Crippen LogP contribution is -2.33. The van der Waals surface area contributed by atoms with Crippen molar-refractivity contribution in [2.24, 2.45) is 0 Å². The molecule has 3 nitrogen and oxygen atoms in total. The van der Waals surface area contributed by atoms with Crippen molar-refractivity contribution in [2.45, 2.75) is 31.2 Å². The highest BCUT2D eigenvalue weighted by Crippen LogP contribution is 2.39. The molecule has 0 bridgehead atoms. The molecule has 1 aliphatic carbocycles. The van der Waals surface area contributed by atoms with Crippen LogP contribution in [-0.4, -0.2) is 31.2 Å². The lowest BCUT2D eigenvalue weighted by atomic mass is 10.2. The van der Waals surface area contributed by atoms with E-state index in [0.717, 1.165) is 19.0 Å². The highest BCUT2D eigenvalue weighted by Gasteiger charge is 2.26. The fourth-order valence-corrected chi connectivity index (χ4v) is 2.44. The van der Waals surface area contributed by atoms with Gasteiger partial charge in [0.1, 0.15) is 0 Å². The summed E-state index contributed by atoms with van der Waals surface area (Å²) in [6, 6.07) is 5.05. The molecule has 3 heteroatoms. The number of hydrogen-bond donors (Lipinski definition) is 1. The lowest BCUT2D eigenvalue weighted by molar-refractivity contribution is 0.684. The van der Waals surface area contributed by atoms with Crippen molar-refractivity contribution in [1.29, 1.82) is 0 Å². The van der Waals surface area contributed by atoms with E-state index < -0.39 is 0 Å². The molecule has 2 fully saturated rings. The number of nitrogens with zero attached hydrogens (tertiary/aromatic N) is 2. The molecule has 0 aromatic carbocycles. The summed E-state index contributed by atoms with van der Waals surface area (Å²) in [6.45, 7) is 2.26. The number of nitrogens with one attached hydrogen (secondary N) is 1. The van der Waals surface area contributed by atoms with Gasteiger partial charge in [-0.2, -0.15) is 0 Å². The maximum Gasteiger partial charge on any atom is 0.0455 e. The fraction of sp³-hybridized carbons (Fsp3) is 0.615. The Morgan fingerprint density at radius 2 is 2.25 bits per heavy atom. The third-order valence-electron chi connectivity index (χ3n) is 3.75. The van der Waals surface area contributed by atoms with Crippen LogP contribution in [0.15, 0.2) is 18.3 Å². The molecule has 0 spiro atoms. The molecule has 1 aromatic rings. The van der Waals surface area contributed by atoms with Crippen LogP contribution in [0.3, 0.4) is 0 Å². The second kappa shape index (κ2) is 4.06. The van der Waals surface area contributed by atoms with Gasteiger partial charge in [-0.1, -0.05) is 0 Å². The lowest BCUT2D eigenvalue weighted by Gasteiger charge is -2.26. The molecule has 0 amide bonds. The van der Waals surface area contributed by atoms with Crippen LogP contribution in [0.1, 0.15) is 30.9 Å². The highest BCUT2D eigenvalue weighted by atomic mass is 15.2. The van der Waals surface area contributed by atoms with Crippen LogP contribution in [0.25, 0.3) is 0 Å². The number of hydrogen-bond acceptors (Lipinski definition) is 3. The Labute approximate surface area is 96.9 Å². The summed E-state index contributed by atoms with van der Waals surface area (Å²) in [5.41, 5.74) is 2.61. The van der Waals surface area contributed by atoms with Gasteiger partial charge in [0, 0.05) is 43.1 Å². The van der Waals surface area contributed by atoms with Crippen LogP contribution in [0.5, 0.6) is 0 Å². The minimum atomic E-state index is 0.648. The number of aromatic nitrogens is 1. The van der Waals surface area contributed by atoms with Crippen molar-refractivity contribution >= 4 is 5.69 Å². The van der Waals surface area contributed by atoms with Crippen LogP contribution in [0, 0.1) is 0 Å². The second-order valence-electron chi connectivity index (χ2n) is 4.97. The van der Waals surface area contributed by atoms with Gasteiger partial charge in [-0.15, -0.1) is 0 Å². The van der Waals surface area contributed by atoms with Gasteiger partial charge in [-0.3, -0.25) is 4.98 Å². The Bertz CT molecular complexity index is 367. The quantitative estimate of drug-likeness (QED) is 0.836. The van der Waals surface area contributed by atoms with Crippen molar-refractivity contribution in [1.82, 2.24) is 10.3 Å². The maximum atomic E-state index is 4.47. The number of pyridine rings is 1. The van der Waals surface area contributed by atoms with Gasteiger partial charge in [0.05, 0.1) is 0 Å². The van der Waals surface area contributed by atoms with Gasteiger partial charge in [-0.05, 0) is 37.9 Å². The fourth-order valence-electron chi connectivity index (χ4n) is 2.44. The van der Waals surface area contributed by atoms with E-state index >= 15 is 0 Å². The first-order valence-corrected chi connectivity index (χ1v) is 6.24. The summed E-state index contributed by atoms with van der Waals surface area (Å²) in [7, 11) is 2.20. The first-order valence-electron chi connectivity index (χ1n) is 6.24. The average molecular weight is 217 g/mol. The molecule has 1 aromatic heterocycles. The van der Waals surface area contributed by atoms with Crippen LogP contribution in [-0.2, 0) is 0 Å². The largest absolute Gasteiger partial charge is 0.370 e. The molecular formula is C13H19N3. The van der Waals surface area contributed by atoms with E-state index in [1.165, 1.54) is 30.6 Å². The Hall–Kier alpha value is -1.09. The van der Waals surface area contributed by atoms with E-state index in [4.69, 9.17) is 0 Å². The molecular weight excluding hydrogens is 198 g/mol. The molecule has 1 atom stereocenters. The van der Waals surface area contributed by atoms with Crippen molar-refractivity contribution < 1.29 is 0 Å². The average Bonchev–Trinajstić information content (AvgIpc) is 3.04. The second-order valence-corrected chi connectivity index (χ2v) is 4.97. The monoisotopic (exact) mass is 217 g/mol. The molecule has 16 heavy (non-hydrogen) atoms. The van der Waals surface area contributed by atoms with Crippen molar-refractivity contribution in [3.8, 4) is 0 Å². The first-order chi connectivity index (χ1) is 7.84. The summed E-state index contributed by atoms with van der Waals surface area (Å²) < 4.78 is 0. The van der Waals surface area contributed by atoms with Gasteiger partial charge in [0.25, 0.3) is 0 Å².